The lowest BCUT2D eigenvalue weighted by Crippen LogP contribution is -2.21. The molecular formula is C27H17F5N6O. The number of imidazole rings is 1. The molecule has 0 saturated heterocycles. The van der Waals surface area contributed by atoms with Gasteiger partial charge in [0.15, 0.2) is 17.4 Å². The number of hydrogen-bond acceptors (Lipinski definition) is 6. The van der Waals surface area contributed by atoms with Crippen LogP contribution in [0.15, 0.2) is 76.6 Å². The van der Waals surface area contributed by atoms with E-state index in [1.165, 1.54) is 42.9 Å². The standard InChI is InChI=1S/C27H17F5N6O/c28-21-3-1-2-19(25(21)29)26-35-23-12-34-38(14-24(23)36-26)13-17-11-22(37-39-17)18-5-4-16(10-20(18)27(30,31)32)15-6-8-33-9-7-15/h1-12H,13-14H2,(H,35,36). The minimum absolute atomic E-state index is 0.0142. The van der Waals surface area contributed by atoms with E-state index in [0.717, 1.165) is 12.1 Å². The van der Waals surface area contributed by atoms with Crippen molar-refractivity contribution in [2.24, 2.45) is 5.10 Å². The van der Waals surface area contributed by atoms with Gasteiger partial charge in [-0.15, -0.1) is 0 Å². The van der Waals surface area contributed by atoms with Gasteiger partial charge in [-0.1, -0.05) is 23.4 Å². The molecule has 0 saturated carbocycles. The predicted octanol–water partition coefficient (Wildman–Crippen LogP) is 6.44. The monoisotopic (exact) mass is 536 g/mol. The van der Waals surface area contributed by atoms with Crippen molar-refractivity contribution in [3.05, 3.63) is 101 Å². The second-order valence-electron chi connectivity index (χ2n) is 8.79. The van der Waals surface area contributed by atoms with Crippen LogP contribution in [0.25, 0.3) is 33.8 Å². The molecule has 0 spiro atoms. The minimum atomic E-state index is -4.62. The molecule has 6 rings (SSSR count). The van der Waals surface area contributed by atoms with E-state index in [4.69, 9.17) is 4.52 Å². The van der Waals surface area contributed by atoms with Crippen molar-refractivity contribution in [1.82, 2.24) is 25.1 Å². The lowest BCUT2D eigenvalue weighted by atomic mass is 9.97. The zero-order valence-electron chi connectivity index (χ0n) is 19.9. The Morgan fingerprint density at radius 2 is 1.77 bits per heavy atom. The summed E-state index contributed by atoms with van der Waals surface area (Å²) in [6, 6.07) is 12.5. The fraction of sp³-hybridized carbons (Fsp3) is 0.111. The number of nitrogens with one attached hydrogen (secondary N) is 1. The van der Waals surface area contributed by atoms with E-state index in [1.54, 1.807) is 23.2 Å². The van der Waals surface area contributed by atoms with Crippen molar-refractivity contribution in [1.29, 1.82) is 0 Å². The number of alkyl halides is 3. The van der Waals surface area contributed by atoms with Crippen molar-refractivity contribution >= 4 is 6.21 Å². The highest BCUT2D eigenvalue weighted by atomic mass is 19.4. The average molecular weight is 536 g/mol. The van der Waals surface area contributed by atoms with Gasteiger partial charge in [-0.05, 0) is 41.5 Å². The van der Waals surface area contributed by atoms with Crippen LogP contribution in [0.3, 0.4) is 0 Å². The maximum atomic E-state index is 14.2. The lowest BCUT2D eigenvalue weighted by Gasteiger charge is -2.19. The SMILES string of the molecule is Fc1cccc(-c2nc3c([nH]2)C=NN(Cc2cc(-c4ccc(-c5ccncc5)cc4C(F)(F)F)no2)C3)c1F. The smallest absolute Gasteiger partial charge is 0.359 e. The van der Waals surface area contributed by atoms with Crippen LogP contribution in [0.5, 0.6) is 0 Å². The maximum absolute atomic E-state index is 14.2. The third-order valence-electron chi connectivity index (χ3n) is 6.21. The van der Waals surface area contributed by atoms with Crippen LogP contribution in [-0.2, 0) is 19.3 Å². The summed E-state index contributed by atoms with van der Waals surface area (Å²) in [6.45, 7) is 0.291. The first-order chi connectivity index (χ1) is 18.8. The number of hydrazone groups is 1. The zero-order chi connectivity index (χ0) is 27.1. The topological polar surface area (TPSA) is 83.2 Å². The molecule has 0 aliphatic carbocycles. The molecular weight excluding hydrogens is 519 g/mol. The van der Waals surface area contributed by atoms with Gasteiger partial charge in [-0.25, -0.2) is 13.8 Å². The number of nitrogens with zero attached hydrogens (tertiary/aromatic N) is 5. The number of pyridine rings is 1. The van der Waals surface area contributed by atoms with Gasteiger partial charge >= 0.3 is 6.18 Å². The second kappa shape index (κ2) is 9.46. The highest BCUT2D eigenvalue weighted by molar-refractivity contribution is 5.81. The van der Waals surface area contributed by atoms with E-state index in [2.05, 4.69) is 25.2 Å². The molecule has 0 fully saturated rings. The quantitative estimate of drug-likeness (QED) is 0.262. The Balaban J connectivity index is 1.23. The molecule has 39 heavy (non-hydrogen) atoms. The van der Waals surface area contributed by atoms with Crippen molar-refractivity contribution in [3.63, 3.8) is 0 Å². The second-order valence-corrected chi connectivity index (χ2v) is 8.79. The molecule has 0 amide bonds. The van der Waals surface area contributed by atoms with Crippen molar-refractivity contribution < 1.29 is 26.5 Å². The predicted molar refractivity (Wildman–Crippen MR) is 131 cm³/mol. The van der Waals surface area contributed by atoms with Crippen LogP contribution in [-0.4, -0.2) is 31.3 Å². The van der Waals surface area contributed by atoms with Gasteiger partial charge in [0.25, 0.3) is 0 Å². The molecule has 0 unspecified atom stereocenters. The number of fused-ring (bicyclic) bond motifs is 1. The number of halogens is 5. The molecule has 12 heteroatoms. The van der Waals surface area contributed by atoms with E-state index < -0.39 is 23.4 Å². The molecule has 1 aliphatic heterocycles. The Morgan fingerprint density at radius 1 is 0.949 bits per heavy atom. The minimum Gasteiger partial charge on any atom is -0.359 e. The van der Waals surface area contributed by atoms with Crippen molar-refractivity contribution in [2.45, 2.75) is 19.3 Å². The Kier molecular flexibility index (Phi) is 5.93. The van der Waals surface area contributed by atoms with E-state index in [-0.39, 0.29) is 41.5 Å². The summed E-state index contributed by atoms with van der Waals surface area (Å²) in [5.41, 5.74) is 1.13. The Hall–Kier alpha value is -4.87. The Morgan fingerprint density at radius 3 is 2.56 bits per heavy atom. The molecule has 1 N–H and O–H groups in total. The maximum Gasteiger partial charge on any atom is 0.417 e. The van der Waals surface area contributed by atoms with Crippen LogP contribution >= 0.6 is 0 Å². The van der Waals surface area contributed by atoms with Crippen LogP contribution in [0.1, 0.15) is 22.7 Å². The number of aromatic nitrogens is 4. The molecule has 4 heterocycles. The van der Waals surface area contributed by atoms with Gasteiger partial charge in [0.2, 0.25) is 0 Å². The number of H-pyrrole nitrogens is 1. The normalized spacial score (nSPS) is 13.1. The number of benzene rings is 2. The molecule has 3 aromatic heterocycles. The summed E-state index contributed by atoms with van der Waals surface area (Å²) in [7, 11) is 0. The van der Waals surface area contributed by atoms with Crippen LogP contribution in [0.4, 0.5) is 22.0 Å². The largest absolute Gasteiger partial charge is 0.417 e. The number of aromatic amines is 1. The molecule has 196 valence electrons. The molecule has 0 bridgehead atoms. The van der Waals surface area contributed by atoms with Crippen molar-refractivity contribution in [3.8, 4) is 33.8 Å². The van der Waals surface area contributed by atoms with Gasteiger partial charge < -0.3 is 9.51 Å². The number of rotatable bonds is 5. The summed E-state index contributed by atoms with van der Waals surface area (Å²) in [5.74, 6) is -1.57. The molecule has 0 atom stereocenters. The Bertz CT molecular complexity index is 1690. The fourth-order valence-electron chi connectivity index (χ4n) is 4.33. The van der Waals surface area contributed by atoms with E-state index in [0.29, 0.717) is 22.5 Å². The molecule has 0 radical (unpaired) electrons. The van der Waals surface area contributed by atoms with Gasteiger partial charge in [-0.3, -0.25) is 9.99 Å². The third-order valence-corrected chi connectivity index (χ3v) is 6.21. The molecule has 5 aromatic rings. The molecule has 7 nitrogen and oxygen atoms in total. The first-order valence-electron chi connectivity index (χ1n) is 11.7. The first kappa shape index (κ1) is 24.5. The van der Waals surface area contributed by atoms with Gasteiger partial charge in [-0.2, -0.15) is 18.3 Å². The van der Waals surface area contributed by atoms with Crippen LogP contribution in [0, 0.1) is 11.6 Å². The van der Waals surface area contributed by atoms with Crippen LogP contribution in [0.2, 0.25) is 0 Å². The summed E-state index contributed by atoms with van der Waals surface area (Å²) >= 11 is 0. The fourth-order valence-corrected chi connectivity index (χ4v) is 4.33. The molecule has 1 aliphatic rings. The zero-order valence-corrected chi connectivity index (χ0v) is 19.9. The summed E-state index contributed by atoms with van der Waals surface area (Å²) in [5, 5.41) is 9.73. The summed E-state index contributed by atoms with van der Waals surface area (Å²) < 4.78 is 75.1. The summed E-state index contributed by atoms with van der Waals surface area (Å²) in [4.78, 5) is 11.2. The van der Waals surface area contributed by atoms with Gasteiger partial charge in [0.1, 0.15) is 11.5 Å². The lowest BCUT2D eigenvalue weighted by molar-refractivity contribution is -0.137. The van der Waals surface area contributed by atoms with Gasteiger partial charge in [0.05, 0.1) is 41.8 Å². The molecule has 2 aromatic carbocycles. The summed E-state index contributed by atoms with van der Waals surface area (Å²) in [6.07, 6.45) is -0.126. The van der Waals surface area contributed by atoms with Crippen LogP contribution < -0.4 is 0 Å². The van der Waals surface area contributed by atoms with E-state index >= 15 is 0 Å². The van der Waals surface area contributed by atoms with Crippen molar-refractivity contribution in [2.75, 3.05) is 0 Å². The average Bonchev–Trinajstić information content (AvgIpc) is 3.57. The highest BCUT2D eigenvalue weighted by Crippen LogP contribution is 2.39. The third kappa shape index (κ3) is 4.76. The van der Waals surface area contributed by atoms with E-state index in [9.17, 15) is 22.0 Å². The van der Waals surface area contributed by atoms with E-state index in [1.807, 2.05) is 0 Å². The number of hydrogen-bond donors (Lipinski definition) is 1. The van der Waals surface area contributed by atoms with Gasteiger partial charge in [0, 0.05) is 24.0 Å². The Labute approximate surface area is 217 Å². The highest BCUT2D eigenvalue weighted by Gasteiger charge is 2.35. The first-order valence-corrected chi connectivity index (χ1v) is 11.7.